The number of carbonyl (C=O) groups is 1. The Balaban J connectivity index is 1.71. The predicted molar refractivity (Wildman–Crippen MR) is 109 cm³/mol. The molecule has 1 unspecified atom stereocenters. The number of amides is 1. The van der Waals surface area contributed by atoms with Crippen molar-refractivity contribution in [2.45, 2.75) is 51.6 Å². The molecule has 6 nitrogen and oxygen atoms in total. The van der Waals surface area contributed by atoms with Crippen molar-refractivity contribution in [2.75, 3.05) is 11.1 Å². The molecule has 0 radical (unpaired) electrons. The van der Waals surface area contributed by atoms with Gasteiger partial charge in [-0.25, -0.2) is 0 Å². The van der Waals surface area contributed by atoms with Crippen molar-refractivity contribution in [2.24, 2.45) is 18.4 Å². The summed E-state index contributed by atoms with van der Waals surface area (Å²) < 4.78 is 1.78. The summed E-state index contributed by atoms with van der Waals surface area (Å²) >= 11 is 2.91. The van der Waals surface area contributed by atoms with Crippen LogP contribution >= 0.6 is 23.1 Å². The van der Waals surface area contributed by atoms with E-state index in [4.69, 9.17) is 0 Å². The smallest absolute Gasteiger partial charge is 0.235 e. The number of thiophene rings is 1. The monoisotopic (exact) mass is 403 g/mol. The van der Waals surface area contributed by atoms with Gasteiger partial charge in [0.2, 0.25) is 5.91 Å². The normalized spacial score (nSPS) is 16.6. The summed E-state index contributed by atoms with van der Waals surface area (Å²) in [5.41, 5.74) is 2.09. The van der Waals surface area contributed by atoms with Gasteiger partial charge < -0.3 is 9.88 Å². The highest BCUT2D eigenvalue weighted by Crippen LogP contribution is 2.45. The maximum atomic E-state index is 12.4. The van der Waals surface area contributed by atoms with E-state index in [0.717, 1.165) is 31.2 Å². The second kappa shape index (κ2) is 8.03. The van der Waals surface area contributed by atoms with Crippen LogP contribution in [-0.4, -0.2) is 26.4 Å². The van der Waals surface area contributed by atoms with Crippen LogP contribution in [0.5, 0.6) is 0 Å². The van der Waals surface area contributed by atoms with Gasteiger partial charge >= 0.3 is 0 Å². The summed E-state index contributed by atoms with van der Waals surface area (Å²) in [6.07, 6.45) is 5.78. The molecule has 1 aliphatic carbocycles. The van der Waals surface area contributed by atoms with Gasteiger partial charge in [0, 0.05) is 11.9 Å². The number of hydrogen-bond acceptors (Lipinski definition) is 6. The second-order valence-electron chi connectivity index (χ2n) is 7.66. The van der Waals surface area contributed by atoms with Gasteiger partial charge in [-0.05, 0) is 36.2 Å². The number of nitrogens with one attached hydrogen (secondary N) is 1. The fourth-order valence-electron chi connectivity index (χ4n) is 3.44. The van der Waals surface area contributed by atoms with E-state index >= 15 is 0 Å². The number of nitrogens with zero attached hydrogens (tertiary/aromatic N) is 4. The van der Waals surface area contributed by atoms with Crippen LogP contribution in [-0.2, 0) is 24.7 Å². The molecule has 2 aromatic heterocycles. The van der Waals surface area contributed by atoms with E-state index in [1.54, 1.807) is 22.2 Å². The average Bonchev–Trinajstić information content (AvgIpc) is 3.21. The lowest BCUT2D eigenvalue weighted by atomic mass is 9.69. The third kappa shape index (κ3) is 4.19. The molecule has 0 aliphatic heterocycles. The molecule has 0 aromatic carbocycles. The molecule has 1 atom stereocenters. The zero-order valence-corrected chi connectivity index (χ0v) is 17.8. The van der Waals surface area contributed by atoms with Crippen LogP contribution in [0.4, 0.5) is 5.00 Å². The van der Waals surface area contributed by atoms with Crippen LogP contribution in [0.1, 0.15) is 49.6 Å². The number of aryl methyl sites for hydroxylation is 1. The molecule has 1 N–H and O–H groups in total. The van der Waals surface area contributed by atoms with Crippen LogP contribution in [0.25, 0.3) is 0 Å². The van der Waals surface area contributed by atoms with Crippen molar-refractivity contribution in [3.8, 4) is 6.07 Å². The highest BCUT2D eigenvalue weighted by Gasteiger charge is 2.34. The van der Waals surface area contributed by atoms with Crippen molar-refractivity contribution in [1.82, 2.24) is 14.8 Å². The van der Waals surface area contributed by atoms with E-state index in [-0.39, 0.29) is 11.7 Å². The molecule has 8 heteroatoms. The topological polar surface area (TPSA) is 83.6 Å². The number of anilines is 1. The van der Waals surface area contributed by atoms with Gasteiger partial charge in [0.25, 0.3) is 0 Å². The summed E-state index contributed by atoms with van der Waals surface area (Å²) in [7, 11) is 1.84. The number of thioether (sulfide) groups is 1. The van der Waals surface area contributed by atoms with Gasteiger partial charge in [-0.1, -0.05) is 39.0 Å². The van der Waals surface area contributed by atoms with Crippen LogP contribution in [0.2, 0.25) is 0 Å². The first-order valence-corrected chi connectivity index (χ1v) is 11.0. The summed E-state index contributed by atoms with van der Waals surface area (Å²) in [4.78, 5) is 13.6. The van der Waals surface area contributed by atoms with E-state index in [1.165, 1.54) is 16.6 Å². The standard InChI is InChI=1S/C19H25N5OS2/c1-5-19(2,3)12-6-7-13-14(9-20)17(27-15(13)8-12)22-16(25)10-26-18-23-21-11-24(18)4/h11-12H,5-8,10H2,1-4H3,(H,22,25). The van der Waals surface area contributed by atoms with Gasteiger partial charge in [-0.2, -0.15) is 5.26 Å². The summed E-state index contributed by atoms with van der Waals surface area (Å²) in [5, 5.41) is 21.8. The van der Waals surface area contributed by atoms with E-state index in [1.807, 2.05) is 7.05 Å². The lowest BCUT2D eigenvalue weighted by Gasteiger charge is -2.36. The quantitative estimate of drug-likeness (QED) is 0.737. The Morgan fingerprint density at radius 3 is 2.96 bits per heavy atom. The van der Waals surface area contributed by atoms with Crippen molar-refractivity contribution in [1.29, 1.82) is 5.26 Å². The molecule has 1 amide bonds. The number of aromatic nitrogens is 3. The van der Waals surface area contributed by atoms with E-state index in [2.05, 4.69) is 42.4 Å². The largest absolute Gasteiger partial charge is 0.316 e. The minimum atomic E-state index is -0.122. The second-order valence-corrected chi connectivity index (χ2v) is 9.71. The number of hydrogen-bond donors (Lipinski definition) is 1. The average molecular weight is 404 g/mol. The molecule has 0 bridgehead atoms. The molecule has 1 aliphatic rings. The number of rotatable bonds is 6. The van der Waals surface area contributed by atoms with E-state index in [9.17, 15) is 10.1 Å². The molecule has 3 rings (SSSR count). The van der Waals surface area contributed by atoms with E-state index in [0.29, 0.717) is 27.1 Å². The third-order valence-corrected chi connectivity index (χ3v) is 7.85. The zero-order valence-electron chi connectivity index (χ0n) is 16.2. The molecular weight excluding hydrogens is 378 g/mol. The minimum absolute atomic E-state index is 0.122. The van der Waals surface area contributed by atoms with Crippen molar-refractivity contribution < 1.29 is 4.79 Å². The minimum Gasteiger partial charge on any atom is -0.316 e. The Kier molecular flexibility index (Phi) is 5.92. The fraction of sp³-hybridized carbons (Fsp3) is 0.579. The summed E-state index contributed by atoms with van der Waals surface area (Å²) in [6, 6.07) is 2.32. The molecule has 0 fully saturated rings. The van der Waals surface area contributed by atoms with Gasteiger partial charge in [-0.3, -0.25) is 4.79 Å². The Bertz CT molecular complexity index is 877. The van der Waals surface area contributed by atoms with Gasteiger partial charge in [0.05, 0.1) is 11.3 Å². The molecule has 0 saturated carbocycles. The first kappa shape index (κ1) is 19.9. The number of fused-ring (bicyclic) bond motifs is 1. The van der Waals surface area contributed by atoms with Crippen LogP contribution < -0.4 is 5.32 Å². The van der Waals surface area contributed by atoms with Crippen LogP contribution in [0, 0.1) is 22.7 Å². The first-order valence-electron chi connectivity index (χ1n) is 9.17. The van der Waals surface area contributed by atoms with Gasteiger partial charge in [-0.15, -0.1) is 21.5 Å². The highest BCUT2D eigenvalue weighted by molar-refractivity contribution is 7.99. The van der Waals surface area contributed by atoms with Crippen LogP contribution in [0.15, 0.2) is 11.5 Å². The molecule has 27 heavy (non-hydrogen) atoms. The lowest BCUT2D eigenvalue weighted by Crippen LogP contribution is -2.28. The third-order valence-electron chi connectivity index (χ3n) is 5.65. The van der Waals surface area contributed by atoms with Crippen molar-refractivity contribution in [3.05, 3.63) is 22.3 Å². The van der Waals surface area contributed by atoms with Gasteiger partial charge in [0.15, 0.2) is 5.16 Å². The van der Waals surface area contributed by atoms with Gasteiger partial charge in [0.1, 0.15) is 17.4 Å². The maximum Gasteiger partial charge on any atom is 0.235 e. The Hall–Kier alpha value is -1.85. The summed E-state index contributed by atoms with van der Waals surface area (Å²) in [5.74, 6) is 0.740. The fourth-order valence-corrected chi connectivity index (χ4v) is 5.43. The zero-order chi connectivity index (χ0) is 19.6. The van der Waals surface area contributed by atoms with Crippen LogP contribution in [0.3, 0.4) is 0 Å². The maximum absolute atomic E-state index is 12.4. The van der Waals surface area contributed by atoms with Crippen molar-refractivity contribution in [3.63, 3.8) is 0 Å². The Labute approximate surface area is 168 Å². The SMILES string of the molecule is CCC(C)(C)C1CCc2c(sc(NC(=O)CSc3nncn3C)c2C#N)C1. The molecule has 2 aromatic rings. The molecule has 0 spiro atoms. The van der Waals surface area contributed by atoms with E-state index < -0.39 is 0 Å². The molecule has 0 saturated heterocycles. The number of nitriles is 1. The highest BCUT2D eigenvalue weighted by atomic mass is 32.2. The van der Waals surface area contributed by atoms with Crippen molar-refractivity contribution >= 4 is 34.0 Å². The lowest BCUT2D eigenvalue weighted by molar-refractivity contribution is -0.113. The Morgan fingerprint density at radius 2 is 2.33 bits per heavy atom. The first-order chi connectivity index (χ1) is 12.9. The molecular formula is C19H25N5OS2. The number of carbonyl (C=O) groups excluding carboxylic acids is 1. The molecule has 2 heterocycles. The summed E-state index contributed by atoms with van der Waals surface area (Å²) in [6.45, 7) is 6.90. The molecule has 144 valence electrons. The predicted octanol–water partition coefficient (Wildman–Crippen LogP) is 4.02. The Morgan fingerprint density at radius 1 is 1.56 bits per heavy atom.